The molecule has 0 bridgehead atoms. The molecule has 0 aliphatic rings. The largest absolute Gasteiger partial charge is 0.384 e. The first-order chi connectivity index (χ1) is 9.26. The number of amides is 1. The predicted molar refractivity (Wildman–Crippen MR) is 71.7 cm³/mol. The molecule has 1 aromatic rings. The van der Waals surface area contributed by atoms with E-state index in [0.717, 1.165) is 5.56 Å². The van der Waals surface area contributed by atoms with Crippen molar-refractivity contribution in [3.8, 4) is 11.8 Å². The van der Waals surface area contributed by atoms with Crippen LogP contribution in [0.5, 0.6) is 0 Å². The van der Waals surface area contributed by atoms with Gasteiger partial charge in [-0.05, 0) is 24.3 Å². The summed E-state index contributed by atoms with van der Waals surface area (Å²) in [6.07, 6.45) is 0. The minimum absolute atomic E-state index is 0.00453. The fourth-order valence-electron chi connectivity index (χ4n) is 1.28. The summed E-state index contributed by atoms with van der Waals surface area (Å²) in [5.74, 6) is 5.11. The topological polar surface area (TPSA) is 67.8 Å². The van der Waals surface area contributed by atoms with Gasteiger partial charge in [0.1, 0.15) is 13.2 Å². The van der Waals surface area contributed by atoms with E-state index in [9.17, 15) is 4.79 Å². The Labute approximate surface area is 112 Å². The molecule has 0 unspecified atom stereocenters. The predicted octanol–water partition coefficient (Wildman–Crippen LogP) is 0.632. The van der Waals surface area contributed by atoms with Crippen LogP contribution in [0.2, 0.25) is 0 Å². The molecule has 0 fully saturated rings. The van der Waals surface area contributed by atoms with Crippen LogP contribution >= 0.6 is 0 Å². The summed E-state index contributed by atoms with van der Waals surface area (Å²) in [7, 11) is 1.57. The number of hydrogen-bond acceptors (Lipinski definition) is 4. The van der Waals surface area contributed by atoms with Crippen molar-refractivity contribution < 1.29 is 19.4 Å². The van der Waals surface area contributed by atoms with Gasteiger partial charge in [-0.1, -0.05) is 11.8 Å². The Morgan fingerprint density at radius 2 is 2.05 bits per heavy atom. The molecule has 1 aromatic carbocycles. The summed E-state index contributed by atoms with van der Waals surface area (Å²) in [5.41, 5.74) is 1.46. The van der Waals surface area contributed by atoms with Crippen molar-refractivity contribution >= 4 is 11.6 Å². The first-order valence-corrected chi connectivity index (χ1v) is 5.82. The zero-order chi connectivity index (χ0) is 13.9. The van der Waals surface area contributed by atoms with Crippen molar-refractivity contribution in [2.24, 2.45) is 0 Å². The first-order valence-electron chi connectivity index (χ1n) is 5.82. The van der Waals surface area contributed by atoms with Gasteiger partial charge in [0.2, 0.25) is 5.91 Å². The van der Waals surface area contributed by atoms with E-state index in [1.165, 1.54) is 0 Å². The normalized spacial score (nSPS) is 9.58. The summed E-state index contributed by atoms with van der Waals surface area (Å²) < 4.78 is 9.90. The smallest absolute Gasteiger partial charge is 0.250 e. The second-order valence-corrected chi connectivity index (χ2v) is 3.63. The minimum atomic E-state index is -0.217. The lowest BCUT2D eigenvalue weighted by atomic mass is 10.2. The molecule has 0 heterocycles. The van der Waals surface area contributed by atoms with Gasteiger partial charge < -0.3 is 19.9 Å². The van der Waals surface area contributed by atoms with Crippen molar-refractivity contribution in [1.29, 1.82) is 0 Å². The quantitative estimate of drug-likeness (QED) is 0.583. The Bertz CT molecular complexity index is 445. The molecule has 0 saturated heterocycles. The fraction of sp³-hybridized carbons (Fsp3) is 0.357. The van der Waals surface area contributed by atoms with E-state index in [0.29, 0.717) is 18.9 Å². The van der Waals surface area contributed by atoms with E-state index in [-0.39, 0.29) is 19.1 Å². The maximum atomic E-state index is 11.5. The third-order valence-corrected chi connectivity index (χ3v) is 2.15. The van der Waals surface area contributed by atoms with Gasteiger partial charge in [-0.15, -0.1) is 0 Å². The number of benzene rings is 1. The number of carbonyl (C=O) groups is 1. The number of methoxy groups -OCH3 is 1. The molecule has 1 rings (SSSR count). The summed E-state index contributed by atoms with van der Waals surface area (Å²) in [6, 6.07) is 7.02. The molecule has 0 atom stereocenters. The maximum absolute atomic E-state index is 11.5. The molecule has 0 saturated carbocycles. The lowest BCUT2D eigenvalue weighted by Crippen LogP contribution is -2.19. The zero-order valence-corrected chi connectivity index (χ0v) is 10.8. The Hall–Kier alpha value is -1.87. The zero-order valence-electron chi connectivity index (χ0n) is 10.8. The average molecular weight is 263 g/mol. The fourth-order valence-corrected chi connectivity index (χ4v) is 1.28. The number of ether oxygens (including phenoxy) is 2. The average Bonchev–Trinajstić information content (AvgIpc) is 2.43. The summed E-state index contributed by atoms with van der Waals surface area (Å²) in [5, 5.41) is 11.3. The highest BCUT2D eigenvalue weighted by Gasteiger charge is 2.02. The summed E-state index contributed by atoms with van der Waals surface area (Å²) in [4.78, 5) is 11.5. The molecule has 5 nitrogen and oxygen atoms in total. The van der Waals surface area contributed by atoms with Crippen molar-refractivity contribution in [3.05, 3.63) is 29.8 Å². The first kappa shape index (κ1) is 15.2. The number of aliphatic hydroxyl groups is 1. The molecule has 0 aliphatic carbocycles. The second-order valence-electron chi connectivity index (χ2n) is 3.63. The highest BCUT2D eigenvalue weighted by atomic mass is 16.5. The molecule has 19 heavy (non-hydrogen) atoms. The van der Waals surface area contributed by atoms with Crippen molar-refractivity contribution in [3.63, 3.8) is 0 Å². The second kappa shape index (κ2) is 9.11. The monoisotopic (exact) mass is 263 g/mol. The van der Waals surface area contributed by atoms with Gasteiger partial charge in [-0.2, -0.15) is 0 Å². The number of carbonyl (C=O) groups excluding carboxylic acids is 1. The van der Waals surface area contributed by atoms with Gasteiger partial charge in [-0.25, -0.2) is 0 Å². The number of anilines is 1. The highest BCUT2D eigenvalue weighted by Crippen LogP contribution is 2.08. The van der Waals surface area contributed by atoms with Gasteiger partial charge in [0.15, 0.2) is 0 Å². The number of nitrogens with one attached hydrogen (secondary N) is 1. The lowest BCUT2D eigenvalue weighted by Gasteiger charge is -2.06. The van der Waals surface area contributed by atoms with Gasteiger partial charge in [-0.3, -0.25) is 4.79 Å². The van der Waals surface area contributed by atoms with E-state index in [4.69, 9.17) is 14.6 Å². The molecule has 102 valence electrons. The molecular weight excluding hydrogens is 246 g/mol. The Kier molecular flexibility index (Phi) is 7.28. The minimum Gasteiger partial charge on any atom is -0.384 e. The molecule has 1 amide bonds. The SMILES string of the molecule is COCCOCC(=O)Nc1ccc(C#CCO)cc1. The summed E-state index contributed by atoms with van der Waals surface area (Å²) in [6.45, 7) is 0.678. The van der Waals surface area contributed by atoms with Crippen molar-refractivity contribution in [2.75, 3.05) is 38.9 Å². The third kappa shape index (κ3) is 6.58. The molecule has 2 N–H and O–H groups in total. The van der Waals surface area contributed by atoms with Crippen LogP contribution in [0.25, 0.3) is 0 Å². The highest BCUT2D eigenvalue weighted by molar-refractivity contribution is 5.91. The molecule has 0 aromatic heterocycles. The molecule has 5 heteroatoms. The van der Waals surface area contributed by atoms with Crippen LogP contribution in [0.4, 0.5) is 5.69 Å². The van der Waals surface area contributed by atoms with Crippen molar-refractivity contribution in [1.82, 2.24) is 0 Å². The van der Waals surface area contributed by atoms with E-state index in [2.05, 4.69) is 17.2 Å². The maximum Gasteiger partial charge on any atom is 0.250 e. The van der Waals surface area contributed by atoms with Crippen LogP contribution in [0.15, 0.2) is 24.3 Å². The van der Waals surface area contributed by atoms with E-state index < -0.39 is 0 Å². The van der Waals surface area contributed by atoms with Crippen LogP contribution in [0.3, 0.4) is 0 Å². The van der Waals surface area contributed by atoms with Gasteiger partial charge in [0.05, 0.1) is 13.2 Å². The standard InChI is InChI=1S/C14H17NO4/c1-18-9-10-19-11-14(17)15-13-6-4-12(5-7-13)3-2-8-16/h4-7,16H,8-11H2,1H3,(H,15,17). The van der Waals surface area contributed by atoms with Crippen LogP contribution in [-0.4, -0.2) is 44.6 Å². The van der Waals surface area contributed by atoms with Crippen LogP contribution in [0, 0.1) is 11.8 Å². The van der Waals surface area contributed by atoms with Crippen LogP contribution in [-0.2, 0) is 14.3 Å². The number of rotatable bonds is 6. The van der Waals surface area contributed by atoms with Gasteiger partial charge in [0, 0.05) is 18.4 Å². The Morgan fingerprint density at radius 1 is 1.32 bits per heavy atom. The van der Waals surface area contributed by atoms with E-state index in [1.807, 2.05) is 0 Å². The molecular formula is C14H17NO4. The third-order valence-electron chi connectivity index (χ3n) is 2.15. The van der Waals surface area contributed by atoms with Crippen molar-refractivity contribution in [2.45, 2.75) is 0 Å². The van der Waals surface area contributed by atoms with E-state index >= 15 is 0 Å². The van der Waals surface area contributed by atoms with Gasteiger partial charge >= 0.3 is 0 Å². The van der Waals surface area contributed by atoms with Crippen LogP contribution < -0.4 is 5.32 Å². The Morgan fingerprint density at radius 3 is 2.68 bits per heavy atom. The summed E-state index contributed by atoms with van der Waals surface area (Å²) >= 11 is 0. The molecule has 0 aliphatic heterocycles. The Balaban J connectivity index is 2.38. The number of aliphatic hydroxyl groups excluding tert-OH is 1. The lowest BCUT2D eigenvalue weighted by molar-refractivity contribution is -0.121. The van der Waals surface area contributed by atoms with Gasteiger partial charge in [0.25, 0.3) is 0 Å². The van der Waals surface area contributed by atoms with Crippen LogP contribution in [0.1, 0.15) is 5.56 Å². The molecule has 0 spiro atoms. The number of hydrogen-bond donors (Lipinski definition) is 2. The molecule has 0 radical (unpaired) electrons. The van der Waals surface area contributed by atoms with E-state index in [1.54, 1.807) is 31.4 Å².